The highest BCUT2D eigenvalue weighted by Gasteiger charge is 2.16. The summed E-state index contributed by atoms with van der Waals surface area (Å²) in [6, 6.07) is 22.2. The second-order valence-electron chi connectivity index (χ2n) is 7.92. The molecule has 0 radical (unpaired) electrons. The van der Waals surface area contributed by atoms with E-state index in [2.05, 4.69) is 47.2 Å². The fourth-order valence-corrected chi connectivity index (χ4v) is 3.90. The minimum absolute atomic E-state index is 0.655. The van der Waals surface area contributed by atoms with Gasteiger partial charge in [0.25, 0.3) is 0 Å². The zero-order valence-corrected chi connectivity index (χ0v) is 18.3. The highest BCUT2D eigenvalue weighted by atomic mass is 16.5. The molecule has 3 aromatic rings. The van der Waals surface area contributed by atoms with E-state index in [-0.39, 0.29) is 0 Å². The van der Waals surface area contributed by atoms with Crippen LogP contribution in [0.25, 0.3) is 0 Å². The van der Waals surface area contributed by atoms with Gasteiger partial charge in [-0.3, -0.25) is 0 Å². The smallest absolute Gasteiger partial charge is 0.119 e. The predicted molar refractivity (Wildman–Crippen MR) is 126 cm³/mol. The predicted octanol–water partition coefficient (Wildman–Crippen LogP) is 7.42. The second kappa shape index (κ2) is 10.1. The first-order valence-corrected chi connectivity index (χ1v) is 11.1. The van der Waals surface area contributed by atoms with E-state index >= 15 is 0 Å². The van der Waals surface area contributed by atoms with E-state index in [1.54, 1.807) is 0 Å². The molecule has 0 heterocycles. The molecule has 31 heavy (non-hydrogen) atoms. The first-order valence-electron chi connectivity index (χ1n) is 11.1. The Morgan fingerprint density at radius 1 is 0.806 bits per heavy atom. The summed E-state index contributed by atoms with van der Waals surface area (Å²) in [5.74, 6) is 8.27. The number of aryl methyl sites for hydroxylation is 1. The molecular formula is C28H28N2O. The standard InChI is InChI=1S/C28H28N2O/c1-3-21-7-11-25-20-23(8-12-24(25)19-21)6-5-22-9-13-26(14-10-22)29-30-27-15-17-28(18-16-27)31-4-2/h8-10,12-18,20-21H,3-4,7,11,19H2,1-2H3. The van der Waals surface area contributed by atoms with Crippen LogP contribution in [0.3, 0.4) is 0 Å². The molecule has 0 N–H and O–H groups in total. The summed E-state index contributed by atoms with van der Waals surface area (Å²) in [5.41, 5.74) is 6.65. The summed E-state index contributed by atoms with van der Waals surface area (Å²) >= 11 is 0. The lowest BCUT2D eigenvalue weighted by atomic mass is 9.82. The molecule has 156 valence electrons. The zero-order valence-electron chi connectivity index (χ0n) is 18.3. The summed E-state index contributed by atoms with van der Waals surface area (Å²) in [5, 5.41) is 8.60. The van der Waals surface area contributed by atoms with Gasteiger partial charge in [0, 0.05) is 11.1 Å². The maximum Gasteiger partial charge on any atom is 0.119 e. The molecule has 0 amide bonds. The highest BCUT2D eigenvalue weighted by Crippen LogP contribution is 2.28. The summed E-state index contributed by atoms with van der Waals surface area (Å²) in [6.45, 7) is 4.92. The number of rotatable bonds is 5. The van der Waals surface area contributed by atoms with Gasteiger partial charge in [-0.2, -0.15) is 10.2 Å². The minimum Gasteiger partial charge on any atom is -0.494 e. The molecule has 1 atom stereocenters. The molecule has 0 aromatic heterocycles. The van der Waals surface area contributed by atoms with Crippen molar-refractivity contribution in [3.05, 3.63) is 89.0 Å². The molecule has 0 saturated heterocycles. The minimum atomic E-state index is 0.655. The molecule has 0 saturated carbocycles. The molecule has 0 bridgehead atoms. The average molecular weight is 409 g/mol. The van der Waals surface area contributed by atoms with Crippen LogP contribution in [0.4, 0.5) is 11.4 Å². The van der Waals surface area contributed by atoms with Crippen molar-refractivity contribution in [1.82, 2.24) is 0 Å². The maximum absolute atomic E-state index is 5.44. The largest absolute Gasteiger partial charge is 0.494 e. The Morgan fingerprint density at radius 2 is 1.45 bits per heavy atom. The van der Waals surface area contributed by atoms with Gasteiger partial charge in [-0.25, -0.2) is 0 Å². The van der Waals surface area contributed by atoms with Crippen molar-refractivity contribution in [1.29, 1.82) is 0 Å². The molecule has 1 unspecified atom stereocenters. The van der Waals surface area contributed by atoms with Gasteiger partial charge >= 0.3 is 0 Å². The molecule has 3 nitrogen and oxygen atoms in total. The van der Waals surface area contributed by atoms with Gasteiger partial charge in [-0.15, -0.1) is 0 Å². The van der Waals surface area contributed by atoms with E-state index < -0.39 is 0 Å². The number of hydrogen-bond acceptors (Lipinski definition) is 3. The van der Waals surface area contributed by atoms with Crippen molar-refractivity contribution >= 4 is 11.4 Å². The molecule has 3 heteroatoms. The van der Waals surface area contributed by atoms with Gasteiger partial charge < -0.3 is 4.74 Å². The van der Waals surface area contributed by atoms with E-state index in [1.807, 2.05) is 55.5 Å². The Hall–Kier alpha value is -3.38. The fraction of sp³-hybridized carbons (Fsp3) is 0.286. The molecule has 3 aromatic carbocycles. The SMILES string of the molecule is CCOc1ccc(N=Nc2ccc(C#Cc3ccc4c(c3)CCC(CC)C4)cc2)cc1. The lowest BCUT2D eigenvalue weighted by molar-refractivity contribution is 0.340. The third-order valence-corrected chi connectivity index (χ3v) is 5.76. The molecule has 0 spiro atoms. The Bertz CT molecular complexity index is 1100. The van der Waals surface area contributed by atoms with Crippen molar-refractivity contribution in [2.24, 2.45) is 16.1 Å². The summed E-state index contributed by atoms with van der Waals surface area (Å²) in [7, 11) is 0. The lowest BCUT2D eigenvalue weighted by Gasteiger charge is -2.23. The molecule has 4 rings (SSSR count). The van der Waals surface area contributed by atoms with Crippen LogP contribution in [0, 0.1) is 17.8 Å². The first kappa shape index (κ1) is 20.9. The van der Waals surface area contributed by atoms with E-state index in [9.17, 15) is 0 Å². The zero-order chi connectivity index (χ0) is 21.5. The van der Waals surface area contributed by atoms with Gasteiger partial charge in [0.1, 0.15) is 5.75 Å². The van der Waals surface area contributed by atoms with E-state index in [0.717, 1.165) is 34.2 Å². The van der Waals surface area contributed by atoms with Crippen molar-refractivity contribution in [3.63, 3.8) is 0 Å². The number of hydrogen-bond donors (Lipinski definition) is 0. The first-order chi connectivity index (χ1) is 15.2. The number of ether oxygens (including phenoxy) is 1. The monoisotopic (exact) mass is 408 g/mol. The van der Waals surface area contributed by atoms with Crippen molar-refractivity contribution < 1.29 is 4.74 Å². The van der Waals surface area contributed by atoms with Gasteiger partial charge in [0.05, 0.1) is 18.0 Å². The molecule has 1 aliphatic carbocycles. The Kier molecular flexibility index (Phi) is 6.79. The Morgan fingerprint density at radius 3 is 2.13 bits per heavy atom. The summed E-state index contributed by atoms with van der Waals surface area (Å²) in [4.78, 5) is 0. The highest BCUT2D eigenvalue weighted by molar-refractivity contribution is 5.49. The van der Waals surface area contributed by atoms with Crippen LogP contribution in [-0.4, -0.2) is 6.61 Å². The number of fused-ring (bicyclic) bond motifs is 1. The summed E-state index contributed by atoms with van der Waals surface area (Å²) in [6.07, 6.45) is 4.97. The topological polar surface area (TPSA) is 34.0 Å². The van der Waals surface area contributed by atoms with Gasteiger partial charge in [-0.05, 0) is 104 Å². The van der Waals surface area contributed by atoms with Crippen LogP contribution < -0.4 is 4.74 Å². The normalized spacial score (nSPS) is 15.2. The van der Waals surface area contributed by atoms with Crippen molar-refractivity contribution in [3.8, 4) is 17.6 Å². The van der Waals surface area contributed by atoms with Gasteiger partial charge in [0.2, 0.25) is 0 Å². The van der Waals surface area contributed by atoms with Crippen LogP contribution in [0.1, 0.15) is 48.9 Å². The molecule has 0 aliphatic heterocycles. The average Bonchev–Trinajstić information content (AvgIpc) is 2.82. The van der Waals surface area contributed by atoms with E-state index in [0.29, 0.717) is 6.61 Å². The van der Waals surface area contributed by atoms with Crippen molar-refractivity contribution in [2.45, 2.75) is 39.5 Å². The third kappa shape index (κ3) is 5.61. The van der Waals surface area contributed by atoms with E-state index in [1.165, 1.54) is 36.8 Å². The van der Waals surface area contributed by atoms with Crippen LogP contribution in [-0.2, 0) is 12.8 Å². The molecule has 1 aliphatic rings. The quantitative estimate of drug-likeness (QED) is 0.319. The Labute approximate surface area is 185 Å². The maximum atomic E-state index is 5.44. The summed E-state index contributed by atoms with van der Waals surface area (Å²) < 4.78 is 5.44. The van der Waals surface area contributed by atoms with Crippen LogP contribution in [0.2, 0.25) is 0 Å². The molecule has 0 fully saturated rings. The van der Waals surface area contributed by atoms with Crippen LogP contribution in [0.15, 0.2) is 77.0 Å². The molecular weight excluding hydrogens is 380 g/mol. The second-order valence-corrected chi connectivity index (χ2v) is 7.92. The number of azo groups is 1. The van der Waals surface area contributed by atoms with E-state index in [4.69, 9.17) is 4.74 Å². The van der Waals surface area contributed by atoms with Crippen LogP contribution >= 0.6 is 0 Å². The van der Waals surface area contributed by atoms with Crippen molar-refractivity contribution in [2.75, 3.05) is 6.61 Å². The Balaban J connectivity index is 1.40. The lowest BCUT2D eigenvalue weighted by Crippen LogP contribution is -2.13. The number of benzene rings is 3. The van der Waals surface area contributed by atoms with Crippen LogP contribution in [0.5, 0.6) is 5.75 Å². The van der Waals surface area contributed by atoms with Gasteiger partial charge in [0.15, 0.2) is 0 Å². The fourth-order valence-electron chi connectivity index (χ4n) is 3.90. The van der Waals surface area contributed by atoms with Gasteiger partial charge in [-0.1, -0.05) is 31.3 Å². The number of nitrogens with zero attached hydrogens (tertiary/aromatic N) is 2. The third-order valence-electron chi connectivity index (χ3n) is 5.76.